The molecule has 1 fully saturated rings. The van der Waals surface area contributed by atoms with Gasteiger partial charge in [0.15, 0.2) is 0 Å². The second-order valence-corrected chi connectivity index (χ2v) is 15.0. The largest absolute Gasteiger partial charge is 0.490 e. The molecule has 0 spiro atoms. The van der Waals surface area contributed by atoms with Crippen LogP contribution in [0.4, 0.5) is 13.2 Å². The number of hydrogen-bond donors (Lipinski definition) is 6. The van der Waals surface area contributed by atoms with Crippen molar-refractivity contribution >= 4 is 29.8 Å². The molecule has 0 aromatic rings. The summed E-state index contributed by atoms with van der Waals surface area (Å²) in [5, 5.41) is 38.0. The summed E-state index contributed by atoms with van der Waals surface area (Å²) in [6, 6.07) is 0. The van der Waals surface area contributed by atoms with Crippen LogP contribution in [0.5, 0.6) is 0 Å². The maximum Gasteiger partial charge on any atom is 0.490 e. The van der Waals surface area contributed by atoms with Gasteiger partial charge in [-0.1, -0.05) is 0 Å². The molecule has 0 atom stereocenters. The Morgan fingerprint density at radius 2 is 0.577 bits per heavy atom. The van der Waals surface area contributed by atoms with Crippen LogP contribution in [0.1, 0.15) is 0 Å². The van der Waals surface area contributed by atoms with Crippen molar-refractivity contribution in [2.75, 3.05) is 237 Å². The summed E-state index contributed by atoms with van der Waals surface area (Å²) in [6.07, 6.45) is -5.08. The number of nitrogens with two attached hydrogens (primary N) is 1. The Labute approximate surface area is 412 Å². The normalized spacial score (nSPS) is 14.8. The number of carbonyl (C=O) groups is 5. The molecule has 418 valence electrons. The van der Waals surface area contributed by atoms with Crippen molar-refractivity contribution in [2.24, 2.45) is 5.73 Å². The first-order valence-electron chi connectivity index (χ1n) is 23.3. The predicted octanol–water partition coefficient (Wildman–Crippen LogP) is -2.65. The summed E-state index contributed by atoms with van der Waals surface area (Å²) in [5.41, 5.74) is 5.34. The van der Waals surface area contributed by atoms with Crippen LogP contribution >= 0.6 is 0 Å². The first-order chi connectivity index (χ1) is 34.1. The Balaban J connectivity index is 0.00000647. The van der Waals surface area contributed by atoms with Crippen LogP contribution < -0.4 is 11.1 Å². The monoisotopic (exact) mass is 1040 g/mol. The number of nitrogens with zero attached hydrogens (tertiary/aromatic N) is 4. The van der Waals surface area contributed by atoms with Crippen LogP contribution in [0.2, 0.25) is 0 Å². The third-order valence-electron chi connectivity index (χ3n) is 9.17. The van der Waals surface area contributed by atoms with Gasteiger partial charge in [0.25, 0.3) is 0 Å². The third kappa shape index (κ3) is 48.5. The lowest BCUT2D eigenvalue weighted by Gasteiger charge is -2.32. The number of amides is 1. The van der Waals surface area contributed by atoms with Crippen LogP contribution in [0.15, 0.2) is 0 Å². The minimum Gasteiger partial charge on any atom is -0.480 e. The Morgan fingerprint density at radius 1 is 0.380 bits per heavy atom. The molecule has 0 radical (unpaired) electrons. The van der Waals surface area contributed by atoms with Crippen LogP contribution in [0, 0.1) is 0 Å². The number of carboxylic acids is 4. The quantitative estimate of drug-likeness (QED) is 0.0340. The summed E-state index contributed by atoms with van der Waals surface area (Å²) in [6.45, 7) is 12.7. The zero-order valence-electron chi connectivity index (χ0n) is 40.8. The van der Waals surface area contributed by atoms with E-state index >= 15 is 0 Å². The Morgan fingerprint density at radius 3 is 0.775 bits per heavy atom. The number of ether oxygens (including phenoxy) is 11. The number of hydrogen-bond acceptors (Lipinski definition) is 21. The SMILES string of the molecule is NCCOCCOCCOCCOCCOCCOCCOCCOCCOCCOCCOCCNC(=O)CN1CCN(CC(=O)O)CCN(CC(=O)O)CCN(CC(=O)O)CC1.O=C(O)C(F)(F)F. The maximum absolute atomic E-state index is 12.8. The van der Waals surface area contributed by atoms with Crippen molar-refractivity contribution in [1.29, 1.82) is 0 Å². The van der Waals surface area contributed by atoms with Crippen LogP contribution in [0.3, 0.4) is 0 Å². The maximum atomic E-state index is 12.8. The molecule has 71 heavy (non-hydrogen) atoms. The van der Waals surface area contributed by atoms with E-state index in [4.69, 9.17) is 67.7 Å². The van der Waals surface area contributed by atoms with E-state index in [1.165, 1.54) is 0 Å². The van der Waals surface area contributed by atoms with Gasteiger partial charge < -0.3 is 83.6 Å². The molecule has 0 bridgehead atoms. The smallest absolute Gasteiger partial charge is 0.480 e. The van der Waals surface area contributed by atoms with Crippen molar-refractivity contribution in [3.63, 3.8) is 0 Å². The summed E-state index contributed by atoms with van der Waals surface area (Å²) in [7, 11) is 0. The number of aliphatic carboxylic acids is 4. The molecule has 0 unspecified atom stereocenters. The lowest BCUT2D eigenvalue weighted by atomic mass is 10.3. The van der Waals surface area contributed by atoms with Gasteiger partial charge >= 0.3 is 30.1 Å². The molecule has 0 aliphatic carbocycles. The fourth-order valence-corrected chi connectivity index (χ4v) is 5.69. The van der Waals surface area contributed by atoms with E-state index in [-0.39, 0.29) is 45.2 Å². The average Bonchev–Trinajstić information content (AvgIpc) is 3.30. The minimum atomic E-state index is -5.08. The van der Waals surface area contributed by atoms with E-state index in [9.17, 15) is 47.7 Å². The van der Waals surface area contributed by atoms with E-state index in [2.05, 4.69) is 5.32 Å². The molecule has 0 aromatic heterocycles. The fraction of sp³-hybridized carbons (Fsp3) is 0.881. The van der Waals surface area contributed by atoms with Gasteiger partial charge in [-0.05, 0) is 0 Å². The molecule has 1 aliphatic rings. The number of rotatable bonds is 43. The molecule has 0 saturated carbocycles. The molecule has 1 amide bonds. The highest BCUT2D eigenvalue weighted by Gasteiger charge is 2.38. The minimum absolute atomic E-state index is 0.0325. The number of halogens is 3. The van der Waals surface area contributed by atoms with Gasteiger partial charge in [0.1, 0.15) is 0 Å². The number of carboxylic acid groups (broad SMARTS) is 4. The molecule has 26 nitrogen and oxygen atoms in total. The van der Waals surface area contributed by atoms with Gasteiger partial charge in [-0.2, -0.15) is 13.2 Å². The molecule has 1 aliphatic heterocycles. The first kappa shape index (κ1) is 67.5. The lowest BCUT2D eigenvalue weighted by molar-refractivity contribution is -0.192. The number of carbonyl (C=O) groups excluding carboxylic acids is 1. The van der Waals surface area contributed by atoms with E-state index in [0.29, 0.717) is 198 Å². The number of alkyl halides is 3. The predicted molar refractivity (Wildman–Crippen MR) is 243 cm³/mol. The van der Waals surface area contributed by atoms with Gasteiger partial charge in [0.05, 0.1) is 172 Å². The molecular formula is C42H79F3N6O20. The molecule has 1 saturated heterocycles. The van der Waals surface area contributed by atoms with Gasteiger partial charge in [-0.3, -0.25) is 38.8 Å². The number of nitrogens with one attached hydrogen (secondary N) is 1. The topological polar surface area (TPSA) is 319 Å². The van der Waals surface area contributed by atoms with Gasteiger partial charge in [-0.25, -0.2) is 4.79 Å². The fourth-order valence-electron chi connectivity index (χ4n) is 5.69. The van der Waals surface area contributed by atoms with E-state index in [1.54, 1.807) is 14.7 Å². The van der Waals surface area contributed by atoms with Crippen molar-refractivity contribution in [2.45, 2.75) is 6.18 Å². The summed E-state index contributed by atoms with van der Waals surface area (Å²) >= 11 is 0. The first-order valence-corrected chi connectivity index (χ1v) is 23.3. The second kappa shape index (κ2) is 47.5. The highest BCUT2D eigenvalue weighted by atomic mass is 19.4. The van der Waals surface area contributed by atoms with Gasteiger partial charge in [-0.15, -0.1) is 0 Å². The van der Waals surface area contributed by atoms with Gasteiger partial charge in [0.2, 0.25) is 5.91 Å². The molecule has 7 N–H and O–H groups in total. The van der Waals surface area contributed by atoms with Crippen molar-refractivity contribution < 1.29 is 110 Å². The highest BCUT2D eigenvalue weighted by molar-refractivity contribution is 5.78. The van der Waals surface area contributed by atoms with Gasteiger partial charge in [0, 0.05) is 65.4 Å². The second-order valence-electron chi connectivity index (χ2n) is 15.0. The Bertz CT molecular complexity index is 1310. The Kier molecular flexibility index (Phi) is 45.2. The molecule has 29 heteroatoms. The van der Waals surface area contributed by atoms with Crippen molar-refractivity contribution in [3.8, 4) is 0 Å². The molecule has 1 rings (SSSR count). The van der Waals surface area contributed by atoms with Crippen LogP contribution in [0.25, 0.3) is 0 Å². The van der Waals surface area contributed by atoms with E-state index in [1.807, 2.05) is 4.90 Å². The zero-order chi connectivity index (χ0) is 52.6. The zero-order valence-corrected chi connectivity index (χ0v) is 40.8. The van der Waals surface area contributed by atoms with E-state index in [0.717, 1.165) is 0 Å². The lowest BCUT2D eigenvalue weighted by Crippen LogP contribution is -2.50. The summed E-state index contributed by atoms with van der Waals surface area (Å²) in [4.78, 5) is 62.9. The van der Waals surface area contributed by atoms with Crippen molar-refractivity contribution in [1.82, 2.24) is 24.9 Å². The molecular weight excluding hydrogens is 965 g/mol. The van der Waals surface area contributed by atoms with Crippen molar-refractivity contribution in [3.05, 3.63) is 0 Å². The summed E-state index contributed by atoms with van der Waals surface area (Å²) in [5.74, 6) is -6.05. The van der Waals surface area contributed by atoms with E-state index < -0.39 is 30.1 Å². The summed E-state index contributed by atoms with van der Waals surface area (Å²) < 4.78 is 91.7. The van der Waals surface area contributed by atoms with Crippen LogP contribution in [-0.4, -0.2) is 313 Å². The van der Waals surface area contributed by atoms with Crippen LogP contribution in [-0.2, 0) is 76.1 Å². The molecule has 0 aromatic carbocycles. The highest BCUT2D eigenvalue weighted by Crippen LogP contribution is 2.13. The third-order valence-corrected chi connectivity index (χ3v) is 9.17. The standard InChI is InChI=1S/C40H78N6O18.C2HF3O2/c41-1-11-54-13-15-56-17-19-58-21-23-60-25-27-62-29-31-64-32-30-63-28-26-61-24-22-59-20-18-57-16-14-55-12-2-42-37(47)33-43-3-5-44(34-38(48)49)7-9-46(36-40(52)53)10-8-45(6-4-43)35-39(50)51;3-2(4,5)1(6)7/h1-36,41H2,(H,42,47)(H,48,49)(H,50,51)(H,52,53);(H,6,7). The Hall–Kier alpha value is -3.50. The molecule has 1 heterocycles. The average molecular weight is 1050 g/mol.